The predicted molar refractivity (Wildman–Crippen MR) is 88.9 cm³/mol. The Morgan fingerprint density at radius 3 is 1.44 bits per heavy atom. The van der Waals surface area contributed by atoms with E-state index in [0.29, 0.717) is 7.92 Å². The number of rotatable bonds is 4. The van der Waals surface area contributed by atoms with Gasteiger partial charge in [-0.1, -0.05) is 58.2 Å². The van der Waals surface area contributed by atoms with Crippen LogP contribution in [0.2, 0.25) is 19.6 Å². The Kier molecular flexibility index (Phi) is 5.76. The minimum Gasteiger partial charge on any atom is -0.103 e. The summed E-state index contributed by atoms with van der Waals surface area (Å²) < 4.78 is 0. The second-order valence-electron chi connectivity index (χ2n) is 7.82. The molecule has 0 amide bonds. The van der Waals surface area contributed by atoms with Gasteiger partial charge in [0.1, 0.15) is 0 Å². The maximum absolute atomic E-state index is 2.61. The van der Waals surface area contributed by atoms with Gasteiger partial charge in [0.15, 0.2) is 0 Å². The average molecular weight is 284 g/mol. The van der Waals surface area contributed by atoms with Gasteiger partial charge in [-0.3, -0.25) is 0 Å². The van der Waals surface area contributed by atoms with E-state index in [1.807, 2.05) is 0 Å². The van der Waals surface area contributed by atoms with E-state index < -0.39 is 8.07 Å². The molecule has 18 heavy (non-hydrogen) atoms. The second-order valence-corrected chi connectivity index (χ2v) is 16.7. The molecule has 0 bridgehead atoms. The first-order valence-corrected chi connectivity index (χ1v) is 13.7. The molecule has 2 aliphatic carbocycles. The molecule has 0 saturated heterocycles. The fraction of sp³-hybridized carbons (Fsp3) is 1.00. The average Bonchev–Trinajstić information content (AvgIpc) is 2.37. The van der Waals surface area contributed by atoms with E-state index in [1.54, 1.807) is 57.2 Å². The zero-order valence-electron chi connectivity index (χ0n) is 12.9. The number of hydrogen-bond acceptors (Lipinski definition) is 0. The Labute approximate surface area is 117 Å². The summed E-state index contributed by atoms with van der Waals surface area (Å²) in [6.07, 6.45) is 15.6. The molecule has 0 aromatic carbocycles. The Bertz CT molecular complexity index is 216. The summed E-state index contributed by atoms with van der Waals surface area (Å²) in [5.74, 6) is 1.68. The minimum absolute atomic E-state index is 0.377. The Morgan fingerprint density at radius 1 is 0.722 bits per heavy atom. The number of hydrogen-bond donors (Lipinski definition) is 0. The van der Waals surface area contributed by atoms with Crippen LogP contribution in [0.25, 0.3) is 0 Å². The van der Waals surface area contributed by atoms with Crippen LogP contribution in [0.3, 0.4) is 0 Å². The molecule has 2 aliphatic rings. The third-order valence-corrected chi connectivity index (χ3v) is 12.9. The first kappa shape index (κ1) is 15.0. The molecule has 2 saturated carbocycles. The molecule has 0 aromatic heterocycles. The summed E-state index contributed by atoms with van der Waals surface area (Å²) in [5.41, 5.74) is 2.34. The van der Waals surface area contributed by atoms with Crippen LogP contribution in [0, 0.1) is 0 Å². The highest BCUT2D eigenvalue weighted by atomic mass is 31.1. The maximum atomic E-state index is 2.61. The van der Waals surface area contributed by atoms with Gasteiger partial charge < -0.3 is 0 Å². The highest BCUT2D eigenvalue weighted by Crippen LogP contribution is 2.56. The third kappa shape index (κ3) is 4.64. The SMILES string of the molecule is C[Si](C)(C)CP(C1CCCCC1)C1CCCCC1. The Morgan fingerprint density at radius 2 is 1.11 bits per heavy atom. The van der Waals surface area contributed by atoms with Crippen molar-refractivity contribution in [3.8, 4) is 0 Å². The smallest absolute Gasteiger partial charge is 0.0485 e. The van der Waals surface area contributed by atoms with Gasteiger partial charge in [0.2, 0.25) is 0 Å². The highest BCUT2D eigenvalue weighted by Gasteiger charge is 2.33. The normalized spacial score (nSPS) is 24.7. The molecule has 0 spiro atoms. The topological polar surface area (TPSA) is 0 Å². The molecule has 0 nitrogen and oxygen atoms in total. The van der Waals surface area contributed by atoms with Crippen LogP contribution in [-0.2, 0) is 0 Å². The summed E-state index contributed by atoms with van der Waals surface area (Å²) in [6.45, 7) is 7.82. The van der Waals surface area contributed by atoms with Crippen LogP contribution in [0.15, 0.2) is 0 Å². The summed E-state index contributed by atoms with van der Waals surface area (Å²) in [6, 6.07) is 0. The fourth-order valence-electron chi connectivity index (χ4n) is 3.93. The van der Waals surface area contributed by atoms with Gasteiger partial charge in [-0.25, -0.2) is 0 Å². The van der Waals surface area contributed by atoms with Crippen molar-refractivity contribution < 1.29 is 0 Å². The van der Waals surface area contributed by atoms with E-state index >= 15 is 0 Å². The largest absolute Gasteiger partial charge is 0.103 e. The molecule has 0 aliphatic heterocycles. The molecule has 0 radical (unpaired) electrons. The predicted octanol–water partition coefficient (Wildman–Crippen LogP) is 6.01. The van der Waals surface area contributed by atoms with Crippen molar-refractivity contribution in [1.82, 2.24) is 0 Å². The summed E-state index contributed by atoms with van der Waals surface area (Å²) in [7, 11) is -0.483. The quantitative estimate of drug-likeness (QED) is 0.438. The van der Waals surface area contributed by atoms with E-state index in [1.165, 1.54) is 24.2 Å². The monoisotopic (exact) mass is 284 g/mol. The molecule has 0 N–H and O–H groups in total. The van der Waals surface area contributed by atoms with Gasteiger partial charge in [-0.15, -0.1) is 7.92 Å². The van der Waals surface area contributed by atoms with Crippen LogP contribution in [0.5, 0.6) is 0 Å². The van der Waals surface area contributed by atoms with Gasteiger partial charge in [-0.05, 0) is 42.8 Å². The molecule has 2 fully saturated rings. The zero-order chi connectivity index (χ0) is 13.0. The molecule has 0 aromatic rings. The Balaban J connectivity index is 2.00. The van der Waals surface area contributed by atoms with Gasteiger partial charge in [0.05, 0.1) is 0 Å². The van der Waals surface area contributed by atoms with Crippen molar-refractivity contribution in [3.63, 3.8) is 0 Å². The summed E-state index contributed by atoms with van der Waals surface area (Å²) in [5, 5.41) is 0. The van der Waals surface area contributed by atoms with Crippen LogP contribution in [0.4, 0.5) is 0 Å². The molecule has 106 valence electrons. The van der Waals surface area contributed by atoms with Crippen LogP contribution < -0.4 is 0 Å². The van der Waals surface area contributed by atoms with E-state index in [4.69, 9.17) is 0 Å². The molecular weight excluding hydrogens is 251 g/mol. The minimum atomic E-state index is -0.859. The van der Waals surface area contributed by atoms with E-state index in [0.717, 1.165) is 0 Å². The van der Waals surface area contributed by atoms with Crippen LogP contribution in [0.1, 0.15) is 64.2 Å². The lowest BCUT2D eigenvalue weighted by Gasteiger charge is -2.41. The molecular formula is C16H33PSi. The van der Waals surface area contributed by atoms with Crippen molar-refractivity contribution in [3.05, 3.63) is 0 Å². The lowest BCUT2D eigenvalue weighted by atomic mass is 9.99. The van der Waals surface area contributed by atoms with Crippen LogP contribution in [-0.4, -0.2) is 25.2 Å². The molecule has 0 heterocycles. The van der Waals surface area contributed by atoms with Crippen molar-refractivity contribution in [2.24, 2.45) is 0 Å². The van der Waals surface area contributed by atoms with Crippen LogP contribution >= 0.6 is 7.92 Å². The summed E-state index contributed by atoms with van der Waals surface area (Å²) in [4.78, 5) is 0. The van der Waals surface area contributed by atoms with E-state index in [2.05, 4.69) is 19.6 Å². The zero-order valence-corrected chi connectivity index (χ0v) is 14.8. The van der Waals surface area contributed by atoms with Gasteiger partial charge in [-0.2, -0.15) is 0 Å². The Hall–Kier alpha value is 0.647. The van der Waals surface area contributed by atoms with Crippen molar-refractivity contribution in [2.75, 3.05) is 5.79 Å². The van der Waals surface area contributed by atoms with Crippen molar-refractivity contribution >= 4 is 16.0 Å². The molecule has 0 atom stereocenters. The first-order valence-electron chi connectivity index (χ1n) is 8.32. The molecule has 2 rings (SSSR count). The lowest BCUT2D eigenvalue weighted by Crippen LogP contribution is -2.32. The van der Waals surface area contributed by atoms with E-state index in [9.17, 15) is 0 Å². The van der Waals surface area contributed by atoms with Gasteiger partial charge in [0, 0.05) is 8.07 Å². The molecule has 0 unspecified atom stereocenters. The second kappa shape index (κ2) is 6.89. The van der Waals surface area contributed by atoms with E-state index in [-0.39, 0.29) is 0 Å². The third-order valence-electron chi connectivity index (χ3n) is 4.74. The van der Waals surface area contributed by atoms with Gasteiger partial charge in [0.25, 0.3) is 0 Å². The highest BCUT2D eigenvalue weighted by molar-refractivity contribution is 7.62. The van der Waals surface area contributed by atoms with Crippen molar-refractivity contribution in [2.45, 2.75) is 95.2 Å². The first-order chi connectivity index (χ1) is 8.56. The summed E-state index contributed by atoms with van der Waals surface area (Å²) >= 11 is 0. The standard InChI is InChI=1S/C16H33PSi/c1-18(2,3)14-17(15-10-6-4-7-11-15)16-12-8-5-9-13-16/h15-16H,4-14H2,1-3H3. The van der Waals surface area contributed by atoms with Gasteiger partial charge >= 0.3 is 0 Å². The maximum Gasteiger partial charge on any atom is 0.0485 e. The molecule has 2 heteroatoms. The van der Waals surface area contributed by atoms with Crippen molar-refractivity contribution in [1.29, 1.82) is 0 Å². The lowest BCUT2D eigenvalue weighted by molar-refractivity contribution is 0.485. The fourth-order valence-corrected chi connectivity index (χ4v) is 13.0.